The lowest BCUT2D eigenvalue weighted by Crippen LogP contribution is -2.28. The minimum atomic E-state index is -0.535. The van der Waals surface area contributed by atoms with Crippen LogP contribution in [0.15, 0.2) is 27.7 Å². The zero-order chi connectivity index (χ0) is 15.4. The molecule has 0 aliphatic heterocycles. The van der Waals surface area contributed by atoms with Gasteiger partial charge in [0.1, 0.15) is 11.0 Å². The van der Waals surface area contributed by atoms with Gasteiger partial charge in [-0.15, -0.1) is 0 Å². The molecule has 8 nitrogen and oxygen atoms in total. The first-order chi connectivity index (χ1) is 10.0. The Balaban J connectivity index is 2.15. The number of anilines is 1. The topological polar surface area (TPSA) is 91.0 Å². The quantitative estimate of drug-likeness (QED) is 0.786. The fourth-order valence-corrected chi connectivity index (χ4v) is 2.10. The minimum Gasteiger partial charge on any atom is -0.468 e. The number of nitrogens with one attached hydrogen (secondary N) is 1. The molecule has 2 aromatic heterocycles. The van der Waals surface area contributed by atoms with E-state index < -0.39 is 11.5 Å². The lowest BCUT2D eigenvalue weighted by Gasteiger charge is -2.10. The van der Waals surface area contributed by atoms with Crippen molar-refractivity contribution in [2.24, 2.45) is 7.05 Å². The second-order valence-corrected chi connectivity index (χ2v) is 5.00. The summed E-state index contributed by atoms with van der Waals surface area (Å²) >= 11 is 3.22. The van der Waals surface area contributed by atoms with E-state index in [0.717, 1.165) is 10.4 Å². The summed E-state index contributed by atoms with van der Waals surface area (Å²) in [5.74, 6) is -0.535. The van der Waals surface area contributed by atoms with E-state index in [-0.39, 0.29) is 6.54 Å². The molecule has 0 saturated carbocycles. The van der Waals surface area contributed by atoms with Crippen LogP contribution < -0.4 is 10.9 Å². The van der Waals surface area contributed by atoms with Crippen LogP contribution in [0.2, 0.25) is 0 Å². The van der Waals surface area contributed by atoms with Crippen molar-refractivity contribution in [3.8, 4) is 0 Å². The summed E-state index contributed by atoms with van der Waals surface area (Å²) in [7, 11) is 3.09. The van der Waals surface area contributed by atoms with Crippen LogP contribution in [0.1, 0.15) is 5.69 Å². The average Bonchev–Trinajstić information content (AvgIpc) is 2.88. The average molecular weight is 356 g/mol. The van der Waals surface area contributed by atoms with Gasteiger partial charge in [0.05, 0.1) is 31.2 Å². The van der Waals surface area contributed by atoms with Gasteiger partial charge in [-0.05, 0) is 22.0 Å². The highest BCUT2D eigenvalue weighted by atomic mass is 79.9. The minimum absolute atomic E-state index is 0.226. The number of esters is 1. The molecule has 0 amide bonds. The molecule has 0 aromatic carbocycles. The van der Waals surface area contributed by atoms with E-state index in [4.69, 9.17) is 0 Å². The van der Waals surface area contributed by atoms with E-state index in [2.05, 4.69) is 36.2 Å². The maximum Gasteiger partial charge on any atom is 0.327 e. The third-order valence-electron chi connectivity index (χ3n) is 2.87. The van der Waals surface area contributed by atoms with Gasteiger partial charge < -0.3 is 10.1 Å². The Morgan fingerprint density at radius 2 is 2.24 bits per heavy atom. The normalized spacial score (nSPS) is 10.4. The highest BCUT2D eigenvalue weighted by molar-refractivity contribution is 9.10. The SMILES string of the molecule is COC(=O)Cn1ncc(NCc2ccnn2C)c(Br)c1=O. The number of aromatic nitrogens is 4. The molecule has 2 rings (SSSR count). The van der Waals surface area contributed by atoms with Gasteiger partial charge in [-0.2, -0.15) is 10.2 Å². The summed E-state index contributed by atoms with van der Waals surface area (Å²) in [5.41, 5.74) is 1.10. The molecular weight excluding hydrogens is 342 g/mol. The Bertz CT molecular complexity index is 709. The third kappa shape index (κ3) is 3.48. The van der Waals surface area contributed by atoms with Gasteiger partial charge in [-0.3, -0.25) is 14.3 Å². The van der Waals surface area contributed by atoms with E-state index in [0.29, 0.717) is 16.7 Å². The number of hydrogen-bond donors (Lipinski definition) is 1. The molecule has 0 radical (unpaired) electrons. The van der Waals surface area contributed by atoms with Crippen LogP contribution in [0.25, 0.3) is 0 Å². The predicted molar refractivity (Wildman–Crippen MR) is 78.7 cm³/mol. The monoisotopic (exact) mass is 355 g/mol. The number of halogens is 1. The van der Waals surface area contributed by atoms with E-state index in [1.54, 1.807) is 10.9 Å². The largest absolute Gasteiger partial charge is 0.468 e. The Labute approximate surface area is 128 Å². The number of ether oxygens (including phenoxy) is 1. The first kappa shape index (κ1) is 15.2. The summed E-state index contributed by atoms with van der Waals surface area (Å²) in [6.07, 6.45) is 3.17. The van der Waals surface area contributed by atoms with E-state index in [1.807, 2.05) is 13.1 Å². The van der Waals surface area contributed by atoms with Crippen molar-refractivity contribution in [1.82, 2.24) is 19.6 Å². The maximum absolute atomic E-state index is 12.1. The van der Waals surface area contributed by atoms with Crippen molar-refractivity contribution < 1.29 is 9.53 Å². The molecule has 9 heteroatoms. The molecule has 0 aliphatic carbocycles. The molecule has 0 spiro atoms. The first-order valence-electron chi connectivity index (χ1n) is 6.06. The zero-order valence-corrected chi connectivity index (χ0v) is 13.1. The molecule has 2 heterocycles. The van der Waals surface area contributed by atoms with Gasteiger partial charge in [-0.25, -0.2) is 4.68 Å². The van der Waals surface area contributed by atoms with Gasteiger partial charge >= 0.3 is 5.97 Å². The van der Waals surface area contributed by atoms with Crippen LogP contribution in [0.3, 0.4) is 0 Å². The van der Waals surface area contributed by atoms with Crippen LogP contribution in [0.4, 0.5) is 5.69 Å². The number of carbonyl (C=O) groups is 1. The van der Waals surface area contributed by atoms with Crippen molar-refractivity contribution in [1.29, 1.82) is 0 Å². The second kappa shape index (κ2) is 6.53. The summed E-state index contributed by atoms with van der Waals surface area (Å²) in [4.78, 5) is 23.2. The molecule has 0 bridgehead atoms. The van der Waals surface area contributed by atoms with Crippen molar-refractivity contribution >= 4 is 27.6 Å². The smallest absolute Gasteiger partial charge is 0.327 e. The molecule has 1 N–H and O–H groups in total. The zero-order valence-electron chi connectivity index (χ0n) is 11.5. The second-order valence-electron chi connectivity index (χ2n) is 4.21. The Morgan fingerprint density at radius 3 is 2.86 bits per heavy atom. The molecule has 0 unspecified atom stereocenters. The van der Waals surface area contributed by atoms with Crippen LogP contribution >= 0.6 is 15.9 Å². The highest BCUT2D eigenvalue weighted by Gasteiger charge is 2.12. The van der Waals surface area contributed by atoms with Crippen molar-refractivity contribution in [2.45, 2.75) is 13.1 Å². The summed E-state index contributed by atoms with van der Waals surface area (Å²) in [6.45, 7) is 0.271. The molecule has 21 heavy (non-hydrogen) atoms. The Kier molecular flexibility index (Phi) is 4.73. The van der Waals surface area contributed by atoms with Gasteiger partial charge in [0.25, 0.3) is 5.56 Å². The number of nitrogens with zero attached hydrogens (tertiary/aromatic N) is 4. The molecule has 2 aromatic rings. The molecule has 0 atom stereocenters. The van der Waals surface area contributed by atoms with Gasteiger partial charge in [0, 0.05) is 13.2 Å². The third-order valence-corrected chi connectivity index (χ3v) is 3.64. The van der Waals surface area contributed by atoms with Crippen molar-refractivity contribution in [3.63, 3.8) is 0 Å². The van der Waals surface area contributed by atoms with Crippen LogP contribution in [-0.2, 0) is 29.7 Å². The molecule has 0 fully saturated rings. The molecule has 0 aliphatic rings. The van der Waals surface area contributed by atoms with Crippen molar-refractivity contribution in [2.75, 3.05) is 12.4 Å². The summed E-state index contributed by atoms with van der Waals surface area (Å²) < 4.78 is 7.58. The van der Waals surface area contributed by atoms with Gasteiger partial charge in [0.15, 0.2) is 0 Å². The van der Waals surface area contributed by atoms with E-state index in [9.17, 15) is 9.59 Å². The number of methoxy groups -OCH3 is 1. The standard InChI is InChI=1S/C12H14BrN5O3/c1-17-8(3-4-15-17)5-14-9-6-16-18(7-10(19)21-2)12(20)11(9)13/h3-4,6,14H,5,7H2,1-2H3. The van der Waals surface area contributed by atoms with Gasteiger partial charge in [0.2, 0.25) is 0 Å². The van der Waals surface area contributed by atoms with E-state index >= 15 is 0 Å². The number of carbonyl (C=O) groups excluding carboxylic acids is 1. The lowest BCUT2D eigenvalue weighted by atomic mass is 10.4. The van der Waals surface area contributed by atoms with Crippen LogP contribution in [0, 0.1) is 0 Å². The predicted octanol–water partition coefficient (Wildman–Crippen LogP) is 0.524. The molecule has 0 saturated heterocycles. The number of aryl methyl sites for hydroxylation is 1. The Morgan fingerprint density at radius 1 is 1.48 bits per heavy atom. The fourth-order valence-electron chi connectivity index (χ4n) is 1.65. The van der Waals surface area contributed by atoms with Gasteiger partial charge in [-0.1, -0.05) is 0 Å². The fraction of sp³-hybridized carbons (Fsp3) is 0.333. The van der Waals surface area contributed by atoms with Crippen LogP contribution in [0.5, 0.6) is 0 Å². The lowest BCUT2D eigenvalue weighted by molar-refractivity contribution is -0.141. The first-order valence-corrected chi connectivity index (χ1v) is 6.85. The van der Waals surface area contributed by atoms with Crippen LogP contribution in [-0.4, -0.2) is 32.6 Å². The molecule has 112 valence electrons. The number of hydrogen-bond acceptors (Lipinski definition) is 6. The van der Waals surface area contributed by atoms with Crippen molar-refractivity contribution in [3.05, 3.63) is 39.0 Å². The Hall–Kier alpha value is -2.16. The summed E-state index contributed by atoms with van der Waals surface area (Å²) in [6, 6.07) is 1.87. The van der Waals surface area contributed by atoms with E-state index in [1.165, 1.54) is 13.3 Å². The molecular formula is C12H14BrN5O3. The highest BCUT2D eigenvalue weighted by Crippen LogP contribution is 2.17. The number of rotatable bonds is 5. The summed E-state index contributed by atoms with van der Waals surface area (Å²) in [5, 5.41) is 11.1. The maximum atomic E-state index is 12.1.